The van der Waals surface area contributed by atoms with Gasteiger partial charge in [-0.05, 0) is 25.0 Å². The molecular formula is C8H13BO3. The highest BCUT2D eigenvalue weighted by molar-refractivity contribution is 6.30. The van der Waals surface area contributed by atoms with Crippen LogP contribution in [0.25, 0.3) is 0 Å². The van der Waals surface area contributed by atoms with Crippen molar-refractivity contribution in [1.82, 2.24) is 0 Å². The second-order valence-electron chi connectivity index (χ2n) is 2.43. The molecule has 0 aromatic heterocycles. The van der Waals surface area contributed by atoms with Gasteiger partial charge in [0.15, 0.2) is 0 Å². The monoisotopic (exact) mass is 168 g/mol. The lowest BCUT2D eigenvalue weighted by Gasteiger charge is -1.93. The van der Waals surface area contributed by atoms with Crippen LogP contribution in [-0.2, 0) is 0 Å². The standard InChI is InChI=1S/C8H10.BH3O3/c1-7-5-3-4-6-8(7)2;2-1(3)4/h3-6H,1-2H3;2-4H. The summed E-state index contributed by atoms with van der Waals surface area (Å²) in [5.74, 6) is 0. The average molecular weight is 168 g/mol. The highest BCUT2D eigenvalue weighted by Gasteiger charge is 1.92. The molecule has 0 atom stereocenters. The van der Waals surface area contributed by atoms with Crippen molar-refractivity contribution in [1.29, 1.82) is 0 Å². The van der Waals surface area contributed by atoms with Crippen LogP contribution in [0, 0.1) is 13.8 Å². The minimum atomic E-state index is -2.17. The Hall–Kier alpha value is -0.835. The molecule has 0 spiro atoms. The van der Waals surface area contributed by atoms with Crippen molar-refractivity contribution in [3.63, 3.8) is 0 Å². The molecule has 0 bridgehead atoms. The van der Waals surface area contributed by atoms with E-state index < -0.39 is 7.32 Å². The predicted octanol–water partition coefficient (Wildman–Crippen LogP) is 0.252. The van der Waals surface area contributed by atoms with Gasteiger partial charge in [-0.3, -0.25) is 0 Å². The Balaban J connectivity index is 0.000000261. The summed E-state index contributed by atoms with van der Waals surface area (Å²) in [6.45, 7) is 4.24. The number of rotatable bonds is 0. The van der Waals surface area contributed by atoms with E-state index in [4.69, 9.17) is 15.1 Å². The van der Waals surface area contributed by atoms with Crippen molar-refractivity contribution in [3.8, 4) is 0 Å². The zero-order valence-corrected chi connectivity index (χ0v) is 7.23. The van der Waals surface area contributed by atoms with Crippen LogP contribution in [0.4, 0.5) is 0 Å². The summed E-state index contributed by atoms with van der Waals surface area (Å²) < 4.78 is 0. The molecule has 1 aromatic rings. The molecule has 3 N–H and O–H groups in total. The largest absolute Gasteiger partial charge is 0.631 e. The smallest absolute Gasteiger partial charge is 0.402 e. The van der Waals surface area contributed by atoms with E-state index in [-0.39, 0.29) is 0 Å². The predicted molar refractivity (Wildman–Crippen MR) is 48.3 cm³/mol. The van der Waals surface area contributed by atoms with Gasteiger partial charge >= 0.3 is 7.32 Å². The van der Waals surface area contributed by atoms with Crippen molar-refractivity contribution >= 4 is 7.32 Å². The van der Waals surface area contributed by atoms with E-state index >= 15 is 0 Å². The normalized spacial score (nSPS) is 8.42. The molecule has 0 saturated heterocycles. The average Bonchev–Trinajstić information content (AvgIpc) is 1.94. The highest BCUT2D eigenvalue weighted by atomic mass is 16.5. The zero-order valence-electron chi connectivity index (χ0n) is 7.23. The van der Waals surface area contributed by atoms with E-state index in [9.17, 15) is 0 Å². The Morgan fingerprint density at radius 2 is 1.17 bits per heavy atom. The van der Waals surface area contributed by atoms with Crippen molar-refractivity contribution in [2.75, 3.05) is 0 Å². The lowest BCUT2D eigenvalue weighted by Crippen LogP contribution is -2.07. The van der Waals surface area contributed by atoms with E-state index in [1.807, 2.05) is 0 Å². The molecule has 4 heteroatoms. The molecule has 0 saturated carbocycles. The van der Waals surface area contributed by atoms with Gasteiger partial charge in [0.05, 0.1) is 0 Å². The second-order valence-corrected chi connectivity index (χ2v) is 2.43. The van der Waals surface area contributed by atoms with Crippen LogP contribution in [0.1, 0.15) is 11.1 Å². The third kappa shape index (κ3) is 5.91. The van der Waals surface area contributed by atoms with E-state index in [1.54, 1.807) is 0 Å². The van der Waals surface area contributed by atoms with Gasteiger partial charge in [0.25, 0.3) is 0 Å². The molecule has 0 fully saturated rings. The third-order valence-electron chi connectivity index (χ3n) is 1.43. The third-order valence-corrected chi connectivity index (χ3v) is 1.43. The molecule has 0 heterocycles. The quantitative estimate of drug-likeness (QED) is 0.486. The first-order valence-electron chi connectivity index (χ1n) is 3.60. The minimum absolute atomic E-state index is 1.37. The molecule has 0 aliphatic rings. The molecule has 0 aliphatic carbocycles. The van der Waals surface area contributed by atoms with Gasteiger partial charge in [-0.15, -0.1) is 0 Å². The lowest BCUT2D eigenvalue weighted by molar-refractivity contribution is 0.278. The van der Waals surface area contributed by atoms with Crippen LogP contribution in [0.15, 0.2) is 24.3 Å². The first-order chi connectivity index (χ1) is 5.54. The number of benzene rings is 1. The Labute approximate surface area is 72.5 Å². The molecule has 12 heavy (non-hydrogen) atoms. The summed E-state index contributed by atoms with van der Waals surface area (Å²) in [6.07, 6.45) is 0. The summed E-state index contributed by atoms with van der Waals surface area (Å²) in [7, 11) is -2.17. The van der Waals surface area contributed by atoms with Crippen LogP contribution in [0.5, 0.6) is 0 Å². The van der Waals surface area contributed by atoms with Crippen LogP contribution in [-0.4, -0.2) is 22.4 Å². The number of aryl methyl sites for hydroxylation is 2. The summed E-state index contributed by atoms with van der Waals surface area (Å²) in [5, 5.41) is 21.5. The molecule has 0 unspecified atom stereocenters. The minimum Gasteiger partial charge on any atom is -0.402 e. The van der Waals surface area contributed by atoms with Crippen molar-refractivity contribution in [2.45, 2.75) is 13.8 Å². The Morgan fingerprint density at radius 1 is 0.917 bits per heavy atom. The van der Waals surface area contributed by atoms with E-state index in [2.05, 4.69) is 38.1 Å². The molecular weight excluding hydrogens is 155 g/mol. The second kappa shape index (κ2) is 5.77. The van der Waals surface area contributed by atoms with Crippen LogP contribution >= 0.6 is 0 Å². The number of hydrogen-bond donors (Lipinski definition) is 3. The van der Waals surface area contributed by atoms with E-state index in [0.29, 0.717) is 0 Å². The maximum absolute atomic E-state index is 7.17. The van der Waals surface area contributed by atoms with Gasteiger partial charge in [0.2, 0.25) is 0 Å². The van der Waals surface area contributed by atoms with Crippen LogP contribution in [0.3, 0.4) is 0 Å². The Bertz CT molecular complexity index is 202. The van der Waals surface area contributed by atoms with Crippen molar-refractivity contribution in [2.24, 2.45) is 0 Å². The summed E-state index contributed by atoms with van der Waals surface area (Å²) in [5.41, 5.74) is 2.74. The summed E-state index contributed by atoms with van der Waals surface area (Å²) in [6, 6.07) is 8.36. The fourth-order valence-electron chi connectivity index (χ4n) is 0.663. The SMILES string of the molecule is Cc1ccccc1C.OB(O)O. The maximum Gasteiger partial charge on any atom is 0.631 e. The lowest BCUT2D eigenvalue weighted by atomic mass is 10.1. The van der Waals surface area contributed by atoms with Crippen molar-refractivity contribution < 1.29 is 15.1 Å². The highest BCUT2D eigenvalue weighted by Crippen LogP contribution is 2.02. The zero-order chi connectivity index (χ0) is 9.56. The van der Waals surface area contributed by atoms with Gasteiger partial charge in [0, 0.05) is 0 Å². The van der Waals surface area contributed by atoms with E-state index in [0.717, 1.165) is 0 Å². The summed E-state index contributed by atoms with van der Waals surface area (Å²) >= 11 is 0. The van der Waals surface area contributed by atoms with Gasteiger partial charge in [-0.25, -0.2) is 0 Å². The summed E-state index contributed by atoms with van der Waals surface area (Å²) in [4.78, 5) is 0. The first-order valence-corrected chi connectivity index (χ1v) is 3.60. The fourth-order valence-corrected chi connectivity index (χ4v) is 0.663. The molecule has 66 valence electrons. The number of hydrogen-bond acceptors (Lipinski definition) is 3. The molecule has 0 aliphatic heterocycles. The molecule has 0 amide bonds. The van der Waals surface area contributed by atoms with Crippen LogP contribution in [0.2, 0.25) is 0 Å². The van der Waals surface area contributed by atoms with Gasteiger partial charge < -0.3 is 15.1 Å². The Morgan fingerprint density at radius 3 is 1.33 bits per heavy atom. The van der Waals surface area contributed by atoms with E-state index in [1.165, 1.54) is 11.1 Å². The van der Waals surface area contributed by atoms with Crippen LogP contribution < -0.4 is 0 Å². The van der Waals surface area contributed by atoms with Gasteiger partial charge in [-0.2, -0.15) is 0 Å². The topological polar surface area (TPSA) is 60.7 Å². The molecule has 3 nitrogen and oxygen atoms in total. The van der Waals surface area contributed by atoms with Gasteiger partial charge in [0.1, 0.15) is 0 Å². The van der Waals surface area contributed by atoms with Crippen molar-refractivity contribution in [3.05, 3.63) is 35.4 Å². The fraction of sp³-hybridized carbons (Fsp3) is 0.250. The van der Waals surface area contributed by atoms with Gasteiger partial charge in [-0.1, -0.05) is 24.3 Å². The molecule has 0 radical (unpaired) electrons. The molecule has 1 aromatic carbocycles. The first kappa shape index (κ1) is 11.2. The Kier molecular flexibility index (Phi) is 5.37. The molecule has 1 rings (SSSR count). The maximum atomic E-state index is 7.17.